The molecule has 1 unspecified atom stereocenters. The van der Waals surface area contributed by atoms with Crippen molar-refractivity contribution < 1.29 is 4.74 Å². The maximum Gasteiger partial charge on any atom is 0.119 e. The van der Waals surface area contributed by atoms with Crippen molar-refractivity contribution >= 4 is 0 Å². The average Bonchev–Trinajstić information content (AvgIpc) is 2.31. The van der Waals surface area contributed by atoms with Crippen molar-refractivity contribution in [3.05, 3.63) is 42.5 Å². The van der Waals surface area contributed by atoms with Crippen molar-refractivity contribution in [3.8, 4) is 5.75 Å². The second-order valence-corrected chi connectivity index (χ2v) is 3.67. The summed E-state index contributed by atoms with van der Waals surface area (Å²) < 4.78 is 5.48. The maximum absolute atomic E-state index is 5.48. The number of hydrogen-bond acceptors (Lipinski definition) is 2. The van der Waals surface area contributed by atoms with Gasteiger partial charge in [-0.15, -0.1) is 6.58 Å². The van der Waals surface area contributed by atoms with Gasteiger partial charge < -0.3 is 10.1 Å². The highest BCUT2D eigenvalue weighted by molar-refractivity contribution is 5.32. The zero-order chi connectivity index (χ0) is 11.8. The minimum Gasteiger partial charge on any atom is -0.494 e. The molecule has 0 amide bonds. The largest absolute Gasteiger partial charge is 0.494 e. The molecular weight excluding hydrogens is 198 g/mol. The summed E-state index contributed by atoms with van der Waals surface area (Å²) >= 11 is 0. The first-order chi connectivity index (χ1) is 7.81. The van der Waals surface area contributed by atoms with Crippen molar-refractivity contribution in [1.29, 1.82) is 0 Å². The van der Waals surface area contributed by atoms with E-state index in [9.17, 15) is 0 Å². The highest BCUT2D eigenvalue weighted by atomic mass is 16.5. The lowest BCUT2D eigenvalue weighted by molar-refractivity contribution is 0.339. The van der Waals surface area contributed by atoms with Gasteiger partial charge in [0.1, 0.15) is 5.75 Å². The summed E-state index contributed by atoms with van der Waals surface area (Å²) in [5.74, 6) is 0.921. The molecule has 0 spiro atoms. The first-order valence-electron chi connectivity index (χ1n) is 5.90. The van der Waals surface area contributed by atoms with Crippen LogP contribution in [0.25, 0.3) is 0 Å². The Balaban J connectivity index is 2.75. The van der Waals surface area contributed by atoms with Gasteiger partial charge in [0.2, 0.25) is 0 Å². The van der Waals surface area contributed by atoms with Crippen LogP contribution in [0.2, 0.25) is 0 Å². The normalized spacial score (nSPS) is 12.1. The molecule has 0 saturated carbocycles. The van der Waals surface area contributed by atoms with Gasteiger partial charge in [0.15, 0.2) is 0 Å². The average molecular weight is 219 g/mol. The summed E-state index contributed by atoms with van der Waals surface area (Å²) in [6.07, 6.45) is 3.05. The van der Waals surface area contributed by atoms with Gasteiger partial charge in [0.05, 0.1) is 12.6 Å². The molecule has 0 bridgehead atoms. The molecule has 1 rings (SSSR count). The third-order valence-electron chi connectivity index (χ3n) is 2.38. The summed E-state index contributed by atoms with van der Waals surface area (Å²) in [7, 11) is 0. The molecule has 1 N–H and O–H groups in total. The van der Waals surface area contributed by atoms with Crippen LogP contribution in [-0.4, -0.2) is 13.2 Å². The van der Waals surface area contributed by atoms with Gasteiger partial charge >= 0.3 is 0 Å². The van der Waals surface area contributed by atoms with E-state index in [1.54, 1.807) is 0 Å². The second-order valence-electron chi connectivity index (χ2n) is 3.67. The Morgan fingerprint density at radius 2 is 2.25 bits per heavy atom. The SMILES string of the molecule is C=CC(NCCC)c1cccc(OCC)c1. The van der Waals surface area contributed by atoms with Crippen LogP contribution in [0.15, 0.2) is 36.9 Å². The van der Waals surface area contributed by atoms with Gasteiger partial charge in [-0.1, -0.05) is 25.1 Å². The van der Waals surface area contributed by atoms with Crippen molar-refractivity contribution in [2.24, 2.45) is 0 Å². The molecule has 0 aliphatic heterocycles. The molecule has 0 fully saturated rings. The topological polar surface area (TPSA) is 21.3 Å². The van der Waals surface area contributed by atoms with E-state index in [4.69, 9.17) is 4.74 Å². The van der Waals surface area contributed by atoms with Crippen molar-refractivity contribution in [3.63, 3.8) is 0 Å². The number of hydrogen-bond donors (Lipinski definition) is 1. The van der Waals surface area contributed by atoms with Gasteiger partial charge in [0, 0.05) is 0 Å². The summed E-state index contributed by atoms with van der Waals surface area (Å²) in [5, 5.41) is 3.43. The number of benzene rings is 1. The van der Waals surface area contributed by atoms with E-state index in [0.29, 0.717) is 6.61 Å². The van der Waals surface area contributed by atoms with E-state index >= 15 is 0 Å². The van der Waals surface area contributed by atoms with E-state index in [0.717, 1.165) is 18.7 Å². The number of rotatable bonds is 7. The predicted octanol–water partition coefficient (Wildman–Crippen LogP) is 3.31. The first-order valence-corrected chi connectivity index (χ1v) is 5.90. The fourth-order valence-corrected chi connectivity index (χ4v) is 1.60. The second kappa shape index (κ2) is 7.07. The lowest BCUT2D eigenvalue weighted by atomic mass is 10.1. The summed E-state index contributed by atoms with van der Waals surface area (Å²) in [6, 6.07) is 8.37. The zero-order valence-corrected chi connectivity index (χ0v) is 10.2. The minimum atomic E-state index is 0.209. The number of ether oxygens (including phenoxy) is 1. The van der Waals surface area contributed by atoms with Crippen LogP contribution in [0.3, 0.4) is 0 Å². The number of nitrogens with one attached hydrogen (secondary N) is 1. The van der Waals surface area contributed by atoms with E-state index in [2.05, 4.69) is 31.0 Å². The predicted molar refractivity (Wildman–Crippen MR) is 68.8 cm³/mol. The highest BCUT2D eigenvalue weighted by Crippen LogP contribution is 2.20. The Morgan fingerprint density at radius 3 is 2.88 bits per heavy atom. The van der Waals surface area contributed by atoms with Gasteiger partial charge in [-0.25, -0.2) is 0 Å². The Kier molecular flexibility index (Phi) is 5.65. The quantitative estimate of drug-likeness (QED) is 0.710. The zero-order valence-electron chi connectivity index (χ0n) is 10.2. The summed E-state index contributed by atoms with van der Waals surface area (Å²) in [5.41, 5.74) is 1.20. The van der Waals surface area contributed by atoms with Crippen molar-refractivity contribution in [2.45, 2.75) is 26.3 Å². The molecule has 2 nitrogen and oxygen atoms in total. The molecule has 88 valence electrons. The molecule has 2 heteroatoms. The first kappa shape index (κ1) is 12.8. The lowest BCUT2D eigenvalue weighted by Crippen LogP contribution is -2.20. The van der Waals surface area contributed by atoms with Crippen LogP contribution in [0.5, 0.6) is 5.75 Å². The molecule has 0 aliphatic rings. The van der Waals surface area contributed by atoms with E-state index in [-0.39, 0.29) is 6.04 Å². The van der Waals surface area contributed by atoms with E-state index in [1.165, 1.54) is 5.56 Å². The third kappa shape index (κ3) is 3.70. The standard InChI is InChI=1S/C14H21NO/c1-4-10-15-14(5-2)12-8-7-9-13(11-12)16-6-3/h5,7-9,11,14-15H,2,4,6,10H2,1,3H3. The van der Waals surface area contributed by atoms with E-state index < -0.39 is 0 Å². The lowest BCUT2D eigenvalue weighted by Gasteiger charge is -2.15. The monoisotopic (exact) mass is 219 g/mol. The Morgan fingerprint density at radius 1 is 1.44 bits per heavy atom. The summed E-state index contributed by atoms with van der Waals surface area (Å²) in [6.45, 7) is 9.71. The molecule has 0 aromatic heterocycles. The Labute approximate surface area is 98.3 Å². The smallest absolute Gasteiger partial charge is 0.119 e. The van der Waals surface area contributed by atoms with Gasteiger partial charge in [-0.05, 0) is 37.6 Å². The molecular formula is C14H21NO. The molecule has 1 aromatic rings. The maximum atomic E-state index is 5.48. The van der Waals surface area contributed by atoms with Crippen LogP contribution >= 0.6 is 0 Å². The molecule has 0 aliphatic carbocycles. The highest BCUT2D eigenvalue weighted by Gasteiger charge is 2.06. The van der Waals surface area contributed by atoms with Crippen LogP contribution in [0.1, 0.15) is 31.9 Å². The third-order valence-corrected chi connectivity index (χ3v) is 2.38. The summed E-state index contributed by atoms with van der Waals surface area (Å²) in [4.78, 5) is 0. The van der Waals surface area contributed by atoms with Gasteiger partial charge in [0.25, 0.3) is 0 Å². The fraction of sp³-hybridized carbons (Fsp3) is 0.429. The van der Waals surface area contributed by atoms with Crippen LogP contribution in [0.4, 0.5) is 0 Å². The van der Waals surface area contributed by atoms with Crippen LogP contribution < -0.4 is 10.1 Å². The van der Waals surface area contributed by atoms with Crippen molar-refractivity contribution in [2.75, 3.05) is 13.2 Å². The Hall–Kier alpha value is -1.28. The molecule has 16 heavy (non-hydrogen) atoms. The molecule has 0 radical (unpaired) electrons. The fourth-order valence-electron chi connectivity index (χ4n) is 1.60. The van der Waals surface area contributed by atoms with Gasteiger partial charge in [-0.2, -0.15) is 0 Å². The van der Waals surface area contributed by atoms with Crippen molar-refractivity contribution in [1.82, 2.24) is 5.32 Å². The van der Waals surface area contributed by atoms with Gasteiger partial charge in [-0.3, -0.25) is 0 Å². The molecule has 0 saturated heterocycles. The molecule has 1 aromatic carbocycles. The minimum absolute atomic E-state index is 0.209. The Bertz CT molecular complexity index is 322. The van der Waals surface area contributed by atoms with Crippen LogP contribution in [-0.2, 0) is 0 Å². The molecule has 1 atom stereocenters. The molecule has 0 heterocycles. The van der Waals surface area contributed by atoms with E-state index in [1.807, 2.05) is 25.1 Å². The van der Waals surface area contributed by atoms with Crippen LogP contribution in [0, 0.1) is 0 Å².